The fourth-order valence-corrected chi connectivity index (χ4v) is 1.83. The van der Waals surface area contributed by atoms with Gasteiger partial charge in [-0.05, 0) is 12.1 Å². The molecule has 0 heterocycles. The fraction of sp³-hybridized carbons (Fsp3) is 0. The lowest BCUT2D eigenvalue weighted by Crippen LogP contribution is -1.89. The summed E-state index contributed by atoms with van der Waals surface area (Å²) in [6.07, 6.45) is 1.30. The van der Waals surface area contributed by atoms with Gasteiger partial charge in [0.25, 0.3) is 5.69 Å². The summed E-state index contributed by atoms with van der Waals surface area (Å²) in [4.78, 5) is 13.9. The van der Waals surface area contributed by atoms with Crippen molar-refractivity contribution in [2.45, 2.75) is 0 Å². The molecule has 0 saturated carbocycles. The molecule has 2 aromatic rings. The zero-order valence-electron chi connectivity index (χ0n) is 9.89. The van der Waals surface area contributed by atoms with Gasteiger partial charge in [0.2, 0.25) is 0 Å². The molecule has 4 nitrogen and oxygen atoms in total. The van der Waals surface area contributed by atoms with E-state index in [2.05, 4.69) is 4.99 Å². The van der Waals surface area contributed by atoms with Crippen molar-refractivity contribution in [1.29, 1.82) is 0 Å². The summed E-state index contributed by atoms with van der Waals surface area (Å²) >= 11 is 11.8. The SMILES string of the molecule is O=[N+]([O-])c1ccc(F)c(N=Cc2cccc(Cl)c2Cl)c1. The minimum Gasteiger partial charge on any atom is -0.258 e. The largest absolute Gasteiger partial charge is 0.271 e. The van der Waals surface area contributed by atoms with Gasteiger partial charge in [-0.15, -0.1) is 0 Å². The van der Waals surface area contributed by atoms with Crippen LogP contribution in [-0.2, 0) is 0 Å². The third-order valence-corrected chi connectivity index (χ3v) is 3.30. The van der Waals surface area contributed by atoms with E-state index in [0.717, 1.165) is 18.2 Å². The van der Waals surface area contributed by atoms with E-state index in [1.807, 2.05) is 0 Å². The number of aliphatic imine (C=N–C) groups is 1. The van der Waals surface area contributed by atoms with Gasteiger partial charge in [0, 0.05) is 23.9 Å². The van der Waals surface area contributed by atoms with Crippen LogP contribution in [0.4, 0.5) is 15.8 Å². The van der Waals surface area contributed by atoms with Gasteiger partial charge in [0.05, 0.1) is 15.0 Å². The quantitative estimate of drug-likeness (QED) is 0.464. The number of nitro benzene ring substituents is 1. The second-order valence-electron chi connectivity index (χ2n) is 3.79. The fourth-order valence-electron chi connectivity index (χ4n) is 1.47. The molecule has 0 N–H and O–H groups in total. The van der Waals surface area contributed by atoms with Crippen LogP contribution in [0.15, 0.2) is 41.4 Å². The van der Waals surface area contributed by atoms with Gasteiger partial charge < -0.3 is 0 Å². The van der Waals surface area contributed by atoms with Gasteiger partial charge in [-0.1, -0.05) is 35.3 Å². The van der Waals surface area contributed by atoms with Gasteiger partial charge >= 0.3 is 0 Å². The van der Waals surface area contributed by atoms with Crippen molar-refractivity contribution >= 4 is 40.8 Å². The zero-order valence-corrected chi connectivity index (χ0v) is 11.4. The Morgan fingerprint density at radius 3 is 2.70 bits per heavy atom. The molecule has 2 rings (SSSR count). The maximum Gasteiger partial charge on any atom is 0.271 e. The van der Waals surface area contributed by atoms with E-state index in [-0.39, 0.29) is 16.4 Å². The Labute approximate surface area is 123 Å². The van der Waals surface area contributed by atoms with E-state index in [1.165, 1.54) is 6.21 Å². The van der Waals surface area contributed by atoms with E-state index in [4.69, 9.17) is 23.2 Å². The molecule has 7 heteroatoms. The molecule has 0 aliphatic heterocycles. The minimum atomic E-state index is -0.662. The first-order valence-corrected chi connectivity index (χ1v) is 6.16. The summed E-state index contributed by atoms with van der Waals surface area (Å²) in [6.45, 7) is 0. The van der Waals surface area contributed by atoms with E-state index in [1.54, 1.807) is 18.2 Å². The van der Waals surface area contributed by atoms with Gasteiger partial charge in [-0.3, -0.25) is 15.1 Å². The number of halogens is 3. The average Bonchev–Trinajstić information content (AvgIpc) is 2.41. The molecule has 0 radical (unpaired) electrons. The predicted molar refractivity (Wildman–Crippen MR) is 76.8 cm³/mol. The Hall–Kier alpha value is -1.98. The molecule has 2 aromatic carbocycles. The van der Waals surface area contributed by atoms with Crippen LogP contribution in [0, 0.1) is 15.9 Å². The lowest BCUT2D eigenvalue weighted by molar-refractivity contribution is -0.384. The van der Waals surface area contributed by atoms with Crippen molar-refractivity contribution in [3.05, 3.63) is 67.9 Å². The highest BCUT2D eigenvalue weighted by Crippen LogP contribution is 2.26. The van der Waals surface area contributed by atoms with Gasteiger partial charge in [-0.25, -0.2) is 4.39 Å². The van der Waals surface area contributed by atoms with E-state index >= 15 is 0 Å². The molecule has 0 amide bonds. The Morgan fingerprint density at radius 1 is 1.25 bits per heavy atom. The van der Waals surface area contributed by atoms with Gasteiger partial charge in [-0.2, -0.15) is 0 Å². The number of nitro groups is 1. The highest BCUT2D eigenvalue weighted by Gasteiger charge is 2.10. The highest BCUT2D eigenvalue weighted by atomic mass is 35.5. The van der Waals surface area contributed by atoms with Crippen molar-refractivity contribution in [2.75, 3.05) is 0 Å². The smallest absolute Gasteiger partial charge is 0.258 e. The van der Waals surface area contributed by atoms with Crippen LogP contribution in [-0.4, -0.2) is 11.1 Å². The van der Waals surface area contributed by atoms with Crippen molar-refractivity contribution < 1.29 is 9.31 Å². The molecule has 0 aliphatic rings. The van der Waals surface area contributed by atoms with Crippen molar-refractivity contribution in [3.8, 4) is 0 Å². The number of nitrogens with zero attached hydrogens (tertiary/aromatic N) is 2. The lowest BCUT2D eigenvalue weighted by Gasteiger charge is -2.00. The molecule has 0 fully saturated rings. The molecular weight excluding hydrogens is 306 g/mol. The summed E-state index contributed by atoms with van der Waals surface area (Å²) in [6, 6.07) is 8.02. The molecule has 0 spiro atoms. The zero-order chi connectivity index (χ0) is 14.7. The third-order valence-electron chi connectivity index (χ3n) is 2.46. The van der Waals surface area contributed by atoms with Gasteiger partial charge in [0.15, 0.2) is 0 Å². The average molecular weight is 313 g/mol. The maximum atomic E-state index is 13.5. The van der Waals surface area contributed by atoms with Crippen molar-refractivity contribution in [1.82, 2.24) is 0 Å². The molecule has 20 heavy (non-hydrogen) atoms. The highest BCUT2D eigenvalue weighted by molar-refractivity contribution is 6.43. The number of hydrogen-bond acceptors (Lipinski definition) is 3. The standard InChI is InChI=1S/C13H7Cl2FN2O2/c14-10-3-1-2-8(13(10)15)7-17-12-6-9(18(19)20)4-5-11(12)16/h1-7H. The van der Waals surface area contributed by atoms with E-state index in [0.29, 0.717) is 10.6 Å². The molecule has 0 unspecified atom stereocenters. The van der Waals surface area contributed by atoms with Crippen LogP contribution in [0.2, 0.25) is 10.0 Å². The second kappa shape index (κ2) is 5.98. The Bertz CT molecular complexity index is 705. The summed E-state index contributed by atoms with van der Waals surface area (Å²) in [5.74, 6) is -0.662. The molecule has 0 bridgehead atoms. The Kier molecular flexibility index (Phi) is 4.32. The third kappa shape index (κ3) is 3.12. The summed E-state index contributed by atoms with van der Waals surface area (Å²) < 4.78 is 13.5. The molecule has 102 valence electrons. The maximum absolute atomic E-state index is 13.5. The number of benzene rings is 2. The first-order chi connectivity index (χ1) is 9.49. The first kappa shape index (κ1) is 14.4. The predicted octanol–water partition coefficient (Wildman–Crippen LogP) is 4.79. The van der Waals surface area contributed by atoms with Crippen molar-refractivity contribution in [3.63, 3.8) is 0 Å². The normalized spacial score (nSPS) is 10.9. The van der Waals surface area contributed by atoms with Crippen LogP contribution in [0.3, 0.4) is 0 Å². The van der Waals surface area contributed by atoms with Crippen LogP contribution in [0.5, 0.6) is 0 Å². The summed E-state index contributed by atoms with van der Waals surface area (Å²) in [7, 11) is 0. The second-order valence-corrected chi connectivity index (χ2v) is 4.58. The number of rotatable bonds is 3. The number of hydrogen-bond donors (Lipinski definition) is 0. The molecule has 0 saturated heterocycles. The monoisotopic (exact) mass is 312 g/mol. The number of non-ortho nitro benzene ring substituents is 1. The van der Waals surface area contributed by atoms with E-state index in [9.17, 15) is 14.5 Å². The summed E-state index contributed by atoms with van der Waals surface area (Å²) in [5, 5.41) is 11.3. The minimum absolute atomic E-state index is 0.143. The Morgan fingerprint density at radius 2 is 2.00 bits per heavy atom. The van der Waals surface area contributed by atoms with Crippen molar-refractivity contribution in [2.24, 2.45) is 4.99 Å². The molecule has 0 atom stereocenters. The van der Waals surface area contributed by atoms with Crippen LogP contribution >= 0.6 is 23.2 Å². The van der Waals surface area contributed by atoms with Gasteiger partial charge in [0.1, 0.15) is 11.5 Å². The molecular formula is C13H7Cl2FN2O2. The molecule has 0 aromatic heterocycles. The van der Waals surface area contributed by atoms with Crippen LogP contribution < -0.4 is 0 Å². The topological polar surface area (TPSA) is 55.5 Å². The van der Waals surface area contributed by atoms with E-state index < -0.39 is 10.7 Å². The summed E-state index contributed by atoms with van der Waals surface area (Å²) in [5.41, 5.74) is 0.107. The molecule has 0 aliphatic carbocycles. The van der Waals surface area contributed by atoms with Crippen LogP contribution in [0.25, 0.3) is 0 Å². The lowest BCUT2D eigenvalue weighted by atomic mass is 10.2. The first-order valence-electron chi connectivity index (χ1n) is 5.41. The Balaban J connectivity index is 2.38. The van der Waals surface area contributed by atoms with Crippen LogP contribution in [0.1, 0.15) is 5.56 Å².